The van der Waals surface area contributed by atoms with E-state index in [1.54, 1.807) is 4.90 Å². The smallest absolute Gasteiger partial charge is 0.348 e. The molecule has 2 aromatic heterocycles. The van der Waals surface area contributed by atoms with Crippen LogP contribution in [0.4, 0.5) is 18.9 Å². The fourth-order valence-electron chi connectivity index (χ4n) is 3.73. The molecule has 0 bridgehead atoms. The van der Waals surface area contributed by atoms with Crippen LogP contribution in [0.5, 0.6) is 0 Å². The number of hydrogen-bond donors (Lipinski definition) is 1. The van der Waals surface area contributed by atoms with Gasteiger partial charge in [-0.3, -0.25) is 14.0 Å². The maximum atomic E-state index is 13.0. The van der Waals surface area contributed by atoms with Crippen molar-refractivity contribution in [2.75, 3.05) is 11.4 Å². The zero-order valence-electron chi connectivity index (χ0n) is 16.7. The zero-order chi connectivity index (χ0) is 22.2. The first-order chi connectivity index (χ1) is 14.8. The molecule has 3 heterocycles. The van der Waals surface area contributed by atoms with E-state index in [2.05, 4.69) is 15.5 Å². The van der Waals surface area contributed by atoms with Gasteiger partial charge in [0.1, 0.15) is 0 Å². The van der Waals surface area contributed by atoms with Gasteiger partial charge in [0, 0.05) is 24.8 Å². The van der Waals surface area contributed by atoms with Gasteiger partial charge in [0.05, 0.1) is 18.0 Å². The first kappa shape index (κ1) is 20.8. The van der Waals surface area contributed by atoms with Crippen LogP contribution < -0.4 is 10.2 Å². The van der Waals surface area contributed by atoms with Crippen molar-refractivity contribution in [3.05, 3.63) is 59.5 Å². The number of carbonyl (C=O) groups excluding carboxylic acids is 2. The maximum Gasteiger partial charge on any atom is 0.417 e. The third-order valence-corrected chi connectivity index (χ3v) is 5.38. The van der Waals surface area contributed by atoms with Crippen molar-refractivity contribution in [3.63, 3.8) is 0 Å². The number of nitrogens with zero attached hydrogens (tertiary/aromatic N) is 4. The average molecular weight is 431 g/mol. The molecule has 0 saturated carbocycles. The summed E-state index contributed by atoms with van der Waals surface area (Å²) in [5.41, 5.74) is 1.23. The normalized spacial score (nSPS) is 16.8. The minimum Gasteiger partial charge on any atom is -0.348 e. The van der Waals surface area contributed by atoms with E-state index < -0.39 is 17.7 Å². The Labute approximate surface area is 175 Å². The number of hydrogen-bond acceptors (Lipinski definition) is 4. The third kappa shape index (κ3) is 4.10. The van der Waals surface area contributed by atoms with Crippen LogP contribution in [0.15, 0.2) is 42.6 Å². The number of aromatic nitrogens is 3. The van der Waals surface area contributed by atoms with Gasteiger partial charge in [-0.25, -0.2) is 0 Å². The standard InChI is InChI=1S/C21H20F3N5O2/c1-2-13-5-3-4-6-16(13)28-11-14(9-19(28)30)20(31)25-10-18-27-26-17-8-7-15(12-29(17)18)21(22,23)24/h3-8,12,14H,2,9-11H2,1H3,(H,25,31)/t14-/m0/s1. The lowest BCUT2D eigenvalue weighted by atomic mass is 10.1. The fourth-order valence-corrected chi connectivity index (χ4v) is 3.73. The molecule has 31 heavy (non-hydrogen) atoms. The van der Waals surface area contributed by atoms with Crippen molar-refractivity contribution in [3.8, 4) is 0 Å². The number of carbonyl (C=O) groups is 2. The number of nitrogens with one attached hydrogen (secondary N) is 1. The van der Waals surface area contributed by atoms with E-state index in [9.17, 15) is 22.8 Å². The highest BCUT2D eigenvalue weighted by Crippen LogP contribution is 2.30. The van der Waals surface area contributed by atoms with Gasteiger partial charge >= 0.3 is 6.18 Å². The van der Waals surface area contributed by atoms with Gasteiger partial charge in [-0.15, -0.1) is 10.2 Å². The summed E-state index contributed by atoms with van der Waals surface area (Å²) in [5.74, 6) is -0.869. The second-order valence-electron chi connectivity index (χ2n) is 7.37. The highest BCUT2D eigenvalue weighted by Gasteiger charge is 2.36. The van der Waals surface area contributed by atoms with Crippen LogP contribution in [0.25, 0.3) is 5.65 Å². The molecule has 0 unspecified atom stereocenters. The molecule has 1 aromatic carbocycles. The van der Waals surface area contributed by atoms with Crippen LogP contribution >= 0.6 is 0 Å². The molecule has 1 aliphatic rings. The Balaban J connectivity index is 1.45. The predicted molar refractivity (Wildman–Crippen MR) is 106 cm³/mol. The predicted octanol–water partition coefficient (Wildman–Crippen LogP) is 2.98. The molecule has 162 valence electrons. The second-order valence-corrected chi connectivity index (χ2v) is 7.37. The zero-order valence-corrected chi connectivity index (χ0v) is 16.7. The van der Waals surface area contributed by atoms with Crippen molar-refractivity contribution in [2.24, 2.45) is 5.92 Å². The van der Waals surface area contributed by atoms with Crippen LogP contribution in [0.3, 0.4) is 0 Å². The molecule has 0 spiro atoms. The number of pyridine rings is 1. The Bertz CT molecular complexity index is 1140. The summed E-state index contributed by atoms with van der Waals surface area (Å²) in [6.07, 6.45) is -2.76. The quantitative estimate of drug-likeness (QED) is 0.674. The molecule has 2 amide bonds. The van der Waals surface area contributed by atoms with E-state index in [-0.39, 0.29) is 42.8 Å². The molecule has 1 atom stereocenters. The van der Waals surface area contributed by atoms with E-state index in [1.807, 2.05) is 31.2 Å². The molecule has 0 radical (unpaired) electrons. The molecule has 1 saturated heterocycles. The van der Waals surface area contributed by atoms with Gasteiger partial charge in [0.2, 0.25) is 11.8 Å². The lowest BCUT2D eigenvalue weighted by Gasteiger charge is -2.19. The van der Waals surface area contributed by atoms with Crippen molar-refractivity contribution in [2.45, 2.75) is 32.5 Å². The summed E-state index contributed by atoms with van der Waals surface area (Å²) in [5, 5.41) is 10.4. The van der Waals surface area contributed by atoms with Crippen molar-refractivity contribution in [1.82, 2.24) is 19.9 Å². The summed E-state index contributed by atoms with van der Waals surface area (Å²) in [6.45, 7) is 2.15. The van der Waals surface area contributed by atoms with E-state index in [0.29, 0.717) is 0 Å². The van der Waals surface area contributed by atoms with Gasteiger partial charge in [-0.2, -0.15) is 13.2 Å². The lowest BCUT2D eigenvalue weighted by Crippen LogP contribution is -2.33. The number of fused-ring (bicyclic) bond motifs is 1. The van der Waals surface area contributed by atoms with Crippen LogP contribution in [-0.2, 0) is 28.7 Å². The molecular weight excluding hydrogens is 411 g/mol. The van der Waals surface area contributed by atoms with Crippen molar-refractivity contribution in [1.29, 1.82) is 0 Å². The highest BCUT2D eigenvalue weighted by atomic mass is 19.4. The number of alkyl halides is 3. The van der Waals surface area contributed by atoms with Gasteiger partial charge < -0.3 is 10.2 Å². The summed E-state index contributed by atoms with van der Waals surface area (Å²) in [7, 11) is 0. The van der Waals surface area contributed by atoms with Crippen LogP contribution in [0, 0.1) is 5.92 Å². The molecule has 3 aromatic rings. The minimum atomic E-state index is -4.50. The lowest BCUT2D eigenvalue weighted by molar-refractivity contribution is -0.138. The summed E-state index contributed by atoms with van der Waals surface area (Å²) in [6, 6.07) is 9.71. The van der Waals surface area contributed by atoms with Crippen LogP contribution in [-0.4, -0.2) is 33.0 Å². The number of aryl methyl sites for hydroxylation is 1. The first-order valence-corrected chi connectivity index (χ1v) is 9.84. The third-order valence-electron chi connectivity index (χ3n) is 5.38. The van der Waals surface area contributed by atoms with Crippen LogP contribution in [0.2, 0.25) is 0 Å². The molecule has 4 rings (SSSR count). The number of rotatable bonds is 5. The minimum absolute atomic E-state index is 0.0721. The first-order valence-electron chi connectivity index (χ1n) is 9.84. The summed E-state index contributed by atoms with van der Waals surface area (Å²) >= 11 is 0. The van der Waals surface area contributed by atoms with Crippen molar-refractivity contribution < 1.29 is 22.8 Å². The monoisotopic (exact) mass is 431 g/mol. The summed E-state index contributed by atoms with van der Waals surface area (Å²) < 4.78 is 40.1. The fraction of sp³-hybridized carbons (Fsp3) is 0.333. The molecule has 1 fully saturated rings. The molecular formula is C21H20F3N5O2. The van der Waals surface area contributed by atoms with E-state index >= 15 is 0 Å². The Morgan fingerprint density at radius 3 is 2.71 bits per heavy atom. The molecule has 7 nitrogen and oxygen atoms in total. The van der Waals surface area contributed by atoms with Crippen molar-refractivity contribution >= 4 is 23.1 Å². The number of para-hydroxylation sites is 1. The Morgan fingerprint density at radius 1 is 1.19 bits per heavy atom. The largest absolute Gasteiger partial charge is 0.417 e. The molecule has 10 heteroatoms. The maximum absolute atomic E-state index is 13.0. The van der Waals surface area contributed by atoms with Gasteiger partial charge in [-0.05, 0) is 30.2 Å². The van der Waals surface area contributed by atoms with E-state index in [0.717, 1.165) is 29.9 Å². The van der Waals surface area contributed by atoms with Gasteiger partial charge in [-0.1, -0.05) is 25.1 Å². The SMILES string of the molecule is CCc1ccccc1N1C[C@@H](C(=O)NCc2nnc3ccc(C(F)(F)F)cn23)CC1=O. The Morgan fingerprint density at radius 2 is 1.97 bits per heavy atom. The Hall–Kier alpha value is -3.43. The topological polar surface area (TPSA) is 79.6 Å². The van der Waals surface area contributed by atoms with Crippen LogP contribution in [0.1, 0.15) is 30.3 Å². The molecule has 1 aliphatic heterocycles. The second kappa shape index (κ2) is 8.01. The average Bonchev–Trinajstić information content (AvgIpc) is 3.34. The van der Waals surface area contributed by atoms with E-state index in [1.165, 1.54) is 10.5 Å². The Kier molecular flexibility index (Phi) is 5.38. The van der Waals surface area contributed by atoms with Gasteiger partial charge in [0.15, 0.2) is 11.5 Å². The number of benzene rings is 1. The summed E-state index contributed by atoms with van der Waals surface area (Å²) in [4.78, 5) is 26.8. The molecule has 1 N–H and O–H groups in total. The number of halogens is 3. The highest BCUT2D eigenvalue weighted by molar-refractivity contribution is 6.00. The van der Waals surface area contributed by atoms with Gasteiger partial charge in [0.25, 0.3) is 0 Å². The number of anilines is 1. The number of amides is 2. The molecule has 0 aliphatic carbocycles. The van der Waals surface area contributed by atoms with E-state index in [4.69, 9.17) is 0 Å².